The zero-order valence-electron chi connectivity index (χ0n) is 30.2. The number of rotatable bonds is 23. The van der Waals surface area contributed by atoms with Crippen molar-refractivity contribution in [2.24, 2.45) is 0 Å². The number of carboxylic acid groups (broad SMARTS) is 4. The van der Waals surface area contributed by atoms with Crippen LogP contribution in [-0.2, 0) is 35.1 Å². The van der Waals surface area contributed by atoms with Crippen molar-refractivity contribution >= 4 is 23.9 Å². The van der Waals surface area contributed by atoms with Crippen LogP contribution in [0.15, 0.2) is 24.3 Å². The van der Waals surface area contributed by atoms with Gasteiger partial charge in [0.05, 0.1) is 39.6 Å². The second-order valence-corrected chi connectivity index (χ2v) is 12.3. The molecule has 0 amide bonds. The monoisotopic (exact) mass is 902 g/mol. The summed E-state index contributed by atoms with van der Waals surface area (Å²) in [6.07, 6.45) is 1.24. The van der Waals surface area contributed by atoms with E-state index in [4.69, 9.17) is 14.2 Å². The van der Waals surface area contributed by atoms with E-state index < -0.39 is 67.9 Å². The molecule has 0 saturated carbocycles. The van der Waals surface area contributed by atoms with Crippen LogP contribution in [0.2, 0.25) is 0 Å². The number of carbonyl (C=O) groups is 4. The van der Waals surface area contributed by atoms with Crippen LogP contribution in [0.5, 0.6) is 5.75 Å². The van der Waals surface area contributed by atoms with Gasteiger partial charge in [0.15, 0.2) is 0 Å². The third-order valence-electron chi connectivity index (χ3n) is 9.06. The van der Waals surface area contributed by atoms with E-state index in [0.717, 1.165) is 5.56 Å². The fourth-order valence-electron chi connectivity index (χ4n) is 6.07. The summed E-state index contributed by atoms with van der Waals surface area (Å²) in [5.74, 6) is -4.43. The Morgan fingerprint density at radius 2 is 0.943 bits per heavy atom. The van der Waals surface area contributed by atoms with Gasteiger partial charge in [-0.2, -0.15) is 0 Å². The fourth-order valence-corrected chi connectivity index (χ4v) is 6.07. The summed E-state index contributed by atoms with van der Waals surface area (Å²) in [5, 5.41) is 69.5. The summed E-state index contributed by atoms with van der Waals surface area (Å²) in [5.41, 5.74) is 0.960. The molecule has 1 aliphatic rings. The molecule has 0 unspecified atom stereocenters. The first-order chi connectivity index (χ1) is 25.0. The van der Waals surface area contributed by atoms with Gasteiger partial charge < -0.3 is 50.0 Å². The average Bonchev–Trinajstić information content (AvgIpc) is 3.10. The number of aliphatic carboxylic acids is 4. The van der Waals surface area contributed by atoms with Gasteiger partial charge in [0.1, 0.15) is 36.5 Å². The summed E-state index contributed by atoms with van der Waals surface area (Å²) in [4.78, 5) is 54.6. The van der Waals surface area contributed by atoms with Crippen molar-refractivity contribution in [3.8, 4) is 5.75 Å². The van der Waals surface area contributed by atoms with E-state index in [2.05, 4.69) is 0 Å². The molecule has 0 bridgehead atoms. The minimum Gasteiger partial charge on any atom is -0.491 e. The Morgan fingerprint density at radius 1 is 0.585 bits per heavy atom. The number of hydrogen-bond donors (Lipinski definition) is 7. The Labute approximate surface area is 341 Å². The molecule has 2 rings (SSSR count). The molecule has 0 radical (unpaired) electrons. The maximum atomic E-state index is 12.7. The number of hydrogen-bond acceptors (Lipinski definition) is 14. The van der Waals surface area contributed by atoms with E-state index in [0.29, 0.717) is 51.6 Å². The van der Waals surface area contributed by atoms with Crippen molar-refractivity contribution in [2.75, 3.05) is 105 Å². The molecule has 19 heteroatoms. The maximum absolute atomic E-state index is 12.7. The number of ether oxygens (including phenoxy) is 3. The largest absolute Gasteiger partial charge is 0.491 e. The molecule has 0 aromatic heterocycles. The normalized spacial score (nSPS) is 18.0. The van der Waals surface area contributed by atoms with Gasteiger partial charge in [0.2, 0.25) is 0 Å². The number of benzene rings is 1. The predicted molar refractivity (Wildman–Crippen MR) is 185 cm³/mol. The zero-order chi connectivity index (χ0) is 38.5. The van der Waals surface area contributed by atoms with Crippen molar-refractivity contribution in [3.05, 3.63) is 29.8 Å². The van der Waals surface area contributed by atoms with Gasteiger partial charge in [-0.3, -0.25) is 38.8 Å². The molecule has 53 heavy (non-hydrogen) atoms. The molecule has 0 aliphatic carbocycles. The standard InChI is InChI=1S/C34H56N4O14.Gd/c1-2-50-18-19-51-20-21-52-26-8-6-25(7-9-26)4-3-5-27(31(42)43)35-10-12-36(28(22-39)32(44)45)14-16-38(30(24-41)34(48)49)17-15-37(13-11-35)29(23-40)33(46)47;/h6-9,27-30,39-41H,2-5,10-24H2,1H3,(H,42,43)(H,44,45)(H,46,47)(H,48,49);/t27-,28+,29+,30+;/m0./s1. The molecule has 18 nitrogen and oxygen atoms in total. The van der Waals surface area contributed by atoms with Crippen molar-refractivity contribution < 1.29 is 109 Å². The molecule has 1 aliphatic heterocycles. The number of carboxylic acids is 4. The van der Waals surface area contributed by atoms with E-state index in [-0.39, 0.29) is 98.7 Å². The van der Waals surface area contributed by atoms with E-state index in [1.54, 1.807) is 4.90 Å². The summed E-state index contributed by atoms with van der Waals surface area (Å²) >= 11 is 0. The average molecular weight is 902 g/mol. The molecular weight excluding hydrogens is 846 g/mol. The third-order valence-corrected chi connectivity index (χ3v) is 9.06. The van der Waals surface area contributed by atoms with E-state index in [1.165, 1.54) is 14.7 Å². The first-order valence-electron chi connectivity index (χ1n) is 17.5. The maximum Gasteiger partial charge on any atom is 0.323 e. The van der Waals surface area contributed by atoms with Gasteiger partial charge in [0.25, 0.3) is 0 Å². The van der Waals surface area contributed by atoms with Crippen LogP contribution in [0.3, 0.4) is 0 Å². The summed E-state index contributed by atoms with van der Waals surface area (Å²) in [6.45, 7) is 1.81. The van der Waals surface area contributed by atoms with Crippen molar-refractivity contribution in [1.82, 2.24) is 19.6 Å². The minimum absolute atomic E-state index is 0. The third kappa shape index (κ3) is 17.5. The number of aliphatic hydroxyl groups excluding tert-OH is 3. The van der Waals surface area contributed by atoms with Gasteiger partial charge in [-0.05, 0) is 43.9 Å². The Balaban J connectivity index is 0.0000140. The molecule has 1 aromatic carbocycles. The van der Waals surface area contributed by atoms with Gasteiger partial charge in [0, 0.05) is 98.9 Å². The van der Waals surface area contributed by atoms with Gasteiger partial charge >= 0.3 is 23.9 Å². The van der Waals surface area contributed by atoms with Crippen LogP contribution in [0.1, 0.15) is 25.3 Å². The smallest absolute Gasteiger partial charge is 0.323 e. The molecule has 1 fully saturated rings. The van der Waals surface area contributed by atoms with Crippen LogP contribution < -0.4 is 4.74 Å². The number of aryl methyl sites for hydroxylation is 1. The summed E-state index contributed by atoms with van der Waals surface area (Å²) < 4.78 is 16.4. The minimum atomic E-state index is -1.38. The molecule has 0 spiro atoms. The van der Waals surface area contributed by atoms with Crippen molar-refractivity contribution in [1.29, 1.82) is 0 Å². The van der Waals surface area contributed by atoms with Crippen LogP contribution in [-0.4, -0.2) is 209 Å². The van der Waals surface area contributed by atoms with Crippen molar-refractivity contribution in [3.63, 3.8) is 0 Å². The second-order valence-electron chi connectivity index (χ2n) is 12.3. The molecular formula is C34H56GdN4O14. The van der Waals surface area contributed by atoms with Gasteiger partial charge in [-0.25, -0.2) is 0 Å². The second kappa shape index (κ2) is 27.4. The molecule has 1 heterocycles. The Bertz CT molecular complexity index is 1180. The zero-order valence-corrected chi connectivity index (χ0v) is 32.5. The van der Waals surface area contributed by atoms with Gasteiger partial charge in [-0.1, -0.05) is 12.1 Å². The van der Waals surface area contributed by atoms with Crippen LogP contribution in [0.25, 0.3) is 0 Å². The van der Waals surface area contributed by atoms with Crippen LogP contribution in [0.4, 0.5) is 0 Å². The Hall–Kier alpha value is -2.14. The SMILES string of the molecule is CCOCCOCCOc1ccc(CCC[C@@H](C(=O)O)N2CCN([C@H](CO)C(=O)O)CCN([C@H](CO)C(=O)O)CCN([C@H](CO)C(=O)O)CC2)cc1.[Gd]. The van der Waals surface area contributed by atoms with Crippen LogP contribution in [0, 0.1) is 39.9 Å². The van der Waals surface area contributed by atoms with Gasteiger partial charge in [-0.15, -0.1) is 0 Å². The Kier molecular flexibility index (Phi) is 25.3. The first-order valence-corrected chi connectivity index (χ1v) is 17.5. The molecule has 1 aromatic rings. The summed E-state index contributed by atoms with van der Waals surface area (Å²) in [7, 11) is 0. The summed E-state index contributed by atoms with van der Waals surface area (Å²) in [6, 6.07) is 2.29. The Morgan fingerprint density at radius 3 is 1.30 bits per heavy atom. The number of nitrogens with zero attached hydrogens (tertiary/aromatic N) is 4. The van der Waals surface area contributed by atoms with E-state index in [1.807, 2.05) is 31.2 Å². The van der Waals surface area contributed by atoms with Crippen molar-refractivity contribution in [2.45, 2.75) is 50.4 Å². The molecule has 4 atom stereocenters. The first kappa shape index (κ1) is 48.9. The van der Waals surface area contributed by atoms with E-state index in [9.17, 15) is 54.9 Å². The number of aliphatic hydroxyl groups is 3. The molecule has 304 valence electrons. The topological polar surface area (TPSA) is 251 Å². The quantitative estimate of drug-likeness (QED) is 0.0615. The molecule has 1 saturated heterocycles. The van der Waals surface area contributed by atoms with E-state index >= 15 is 0 Å². The fraction of sp³-hybridized carbons (Fsp3) is 0.706. The molecule has 7 N–H and O–H groups in total. The van der Waals surface area contributed by atoms with Crippen LogP contribution >= 0.6 is 0 Å². The predicted octanol–water partition coefficient (Wildman–Crippen LogP) is -1.55.